The number of allylic oxidation sites excluding steroid dienone is 3. The van der Waals surface area contributed by atoms with Crippen LogP contribution in [-0.2, 0) is 10.5 Å². The Morgan fingerprint density at radius 1 is 1.35 bits per heavy atom. The molecule has 1 aromatic rings. The number of hydrogen-bond acceptors (Lipinski definition) is 2. The van der Waals surface area contributed by atoms with Gasteiger partial charge in [-0.2, -0.15) is 0 Å². The first kappa shape index (κ1) is 15.8. The van der Waals surface area contributed by atoms with Gasteiger partial charge in [-0.1, -0.05) is 18.2 Å². The molecule has 0 aromatic heterocycles. The highest BCUT2D eigenvalue weighted by molar-refractivity contribution is 5.74. The Morgan fingerprint density at radius 2 is 2.15 bits per heavy atom. The third kappa shape index (κ3) is 2.19. The Balaban J connectivity index is 1.52. The SMILES string of the molecule is CC(=O)N1CC2=C(C3C=CC(F)(c4cccc(F)c4)C=C3N2)C2(CC2)C1. The van der Waals surface area contributed by atoms with Crippen LogP contribution in [0.2, 0.25) is 0 Å². The highest BCUT2D eigenvalue weighted by Crippen LogP contribution is 2.60. The summed E-state index contributed by atoms with van der Waals surface area (Å²) < 4.78 is 29.1. The van der Waals surface area contributed by atoms with Crippen molar-refractivity contribution in [2.75, 3.05) is 13.1 Å². The van der Waals surface area contributed by atoms with E-state index in [-0.39, 0.29) is 22.8 Å². The van der Waals surface area contributed by atoms with Crippen molar-refractivity contribution >= 4 is 5.91 Å². The quantitative estimate of drug-likeness (QED) is 0.782. The van der Waals surface area contributed by atoms with E-state index in [2.05, 4.69) is 5.32 Å². The number of fused-ring (bicyclic) bond motifs is 3. The van der Waals surface area contributed by atoms with Crippen molar-refractivity contribution in [1.82, 2.24) is 10.2 Å². The molecule has 2 atom stereocenters. The number of carbonyl (C=O) groups excluding carboxylic acids is 1. The maximum atomic E-state index is 15.6. The van der Waals surface area contributed by atoms with Crippen molar-refractivity contribution in [2.24, 2.45) is 11.3 Å². The number of halogens is 2. The Labute approximate surface area is 151 Å². The summed E-state index contributed by atoms with van der Waals surface area (Å²) in [4.78, 5) is 13.8. The maximum Gasteiger partial charge on any atom is 0.219 e. The van der Waals surface area contributed by atoms with E-state index < -0.39 is 11.5 Å². The van der Waals surface area contributed by atoms with Crippen molar-refractivity contribution < 1.29 is 13.6 Å². The van der Waals surface area contributed by atoms with Gasteiger partial charge in [0.15, 0.2) is 5.67 Å². The molecule has 5 rings (SSSR count). The minimum atomic E-state index is -1.83. The van der Waals surface area contributed by atoms with Gasteiger partial charge in [0.25, 0.3) is 0 Å². The topological polar surface area (TPSA) is 32.3 Å². The van der Waals surface area contributed by atoms with Gasteiger partial charge in [-0.15, -0.1) is 0 Å². The van der Waals surface area contributed by atoms with Gasteiger partial charge < -0.3 is 10.2 Å². The molecule has 2 aliphatic heterocycles. The number of nitrogens with one attached hydrogen (secondary N) is 1. The third-order valence-corrected chi connectivity index (χ3v) is 6.14. The summed E-state index contributed by atoms with van der Waals surface area (Å²) in [6.07, 6.45) is 7.15. The number of nitrogens with zero attached hydrogens (tertiary/aromatic N) is 1. The predicted molar refractivity (Wildman–Crippen MR) is 94.0 cm³/mol. The average molecular weight is 354 g/mol. The Hall–Kier alpha value is -2.43. The van der Waals surface area contributed by atoms with Crippen LogP contribution in [0.4, 0.5) is 8.78 Å². The lowest BCUT2D eigenvalue weighted by molar-refractivity contribution is -0.129. The van der Waals surface area contributed by atoms with E-state index in [4.69, 9.17) is 0 Å². The van der Waals surface area contributed by atoms with Gasteiger partial charge in [-0.3, -0.25) is 4.79 Å². The van der Waals surface area contributed by atoms with E-state index in [1.165, 1.54) is 23.8 Å². The fourth-order valence-corrected chi connectivity index (χ4v) is 4.68. The van der Waals surface area contributed by atoms with Crippen molar-refractivity contribution in [2.45, 2.75) is 25.4 Å². The molecule has 2 heterocycles. The molecule has 0 saturated heterocycles. The lowest BCUT2D eigenvalue weighted by atomic mass is 9.78. The van der Waals surface area contributed by atoms with Crippen molar-refractivity contribution in [1.29, 1.82) is 0 Å². The van der Waals surface area contributed by atoms with Gasteiger partial charge in [0.1, 0.15) is 5.82 Å². The molecule has 1 fully saturated rings. The highest BCUT2D eigenvalue weighted by atomic mass is 19.1. The van der Waals surface area contributed by atoms with Crippen molar-refractivity contribution in [3.05, 3.63) is 70.8 Å². The molecular formula is C21H20F2N2O. The van der Waals surface area contributed by atoms with Crippen LogP contribution in [0.5, 0.6) is 0 Å². The zero-order chi connectivity index (χ0) is 18.1. The number of alkyl halides is 1. The predicted octanol–water partition coefficient (Wildman–Crippen LogP) is 3.56. The average Bonchev–Trinajstić information content (AvgIpc) is 3.25. The summed E-state index contributed by atoms with van der Waals surface area (Å²) in [5.74, 6) is -0.332. The lowest BCUT2D eigenvalue weighted by Crippen LogP contribution is -2.42. The summed E-state index contributed by atoms with van der Waals surface area (Å²) in [5, 5.41) is 3.38. The van der Waals surface area contributed by atoms with Crippen LogP contribution < -0.4 is 5.32 Å². The van der Waals surface area contributed by atoms with E-state index in [0.29, 0.717) is 6.54 Å². The molecule has 4 aliphatic rings. The van der Waals surface area contributed by atoms with Crippen LogP contribution >= 0.6 is 0 Å². The number of carbonyl (C=O) groups is 1. The van der Waals surface area contributed by atoms with E-state index in [0.717, 1.165) is 30.8 Å². The third-order valence-electron chi connectivity index (χ3n) is 6.14. The van der Waals surface area contributed by atoms with E-state index >= 15 is 4.39 Å². The van der Waals surface area contributed by atoms with Crippen molar-refractivity contribution in [3.8, 4) is 0 Å². The molecule has 1 saturated carbocycles. The molecule has 2 aliphatic carbocycles. The summed E-state index contributed by atoms with van der Waals surface area (Å²) in [6, 6.07) is 5.69. The normalized spacial score (nSPS) is 30.7. The molecule has 3 nitrogen and oxygen atoms in total. The first-order valence-corrected chi connectivity index (χ1v) is 9.03. The molecular weight excluding hydrogens is 334 g/mol. The second kappa shape index (κ2) is 5.06. The molecule has 1 N–H and O–H groups in total. The standard InChI is InChI=1S/C21H20F2N2O/c1-13(26)25-11-18-19(20(12-25)7-8-20)16-5-6-21(23,10-17(16)24-18)14-3-2-4-15(22)9-14/h2-6,9-10,16,24H,7-8,11-12H2,1H3. The van der Waals surface area contributed by atoms with Gasteiger partial charge in [0.2, 0.25) is 5.91 Å². The number of amides is 1. The number of rotatable bonds is 1. The van der Waals surface area contributed by atoms with Gasteiger partial charge in [-0.05, 0) is 48.3 Å². The fourth-order valence-electron chi connectivity index (χ4n) is 4.68. The van der Waals surface area contributed by atoms with Crippen LogP contribution in [0.1, 0.15) is 25.3 Å². The molecule has 1 aromatic carbocycles. The van der Waals surface area contributed by atoms with E-state index in [9.17, 15) is 9.18 Å². The second-order valence-electron chi connectivity index (χ2n) is 7.89. The van der Waals surface area contributed by atoms with Crippen LogP contribution in [0.3, 0.4) is 0 Å². The molecule has 5 heteroatoms. The Bertz CT molecular complexity index is 912. The smallest absolute Gasteiger partial charge is 0.219 e. The molecule has 26 heavy (non-hydrogen) atoms. The Morgan fingerprint density at radius 3 is 2.85 bits per heavy atom. The number of benzene rings is 1. The monoisotopic (exact) mass is 354 g/mol. The first-order valence-electron chi connectivity index (χ1n) is 9.03. The lowest BCUT2D eigenvalue weighted by Gasteiger charge is -2.35. The molecule has 134 valence electrons. The highest BCUT2D eigenvalue weighted by Gasteiger charge is 2.56. The fraction of sp³-hybridized carbons (Fsp3) is 0.381. The van der Waals surface area contributed by atoms with Gasteiger partial charge in [0.05, 0.1) is 6.54 Å². The van der Waals surface area contributed by atoms with Gasteiger partial charge in [0, 0.05) is 36.2 Å². The maximum absolute atomic E-state index is 15.6. The minimum absolute atomic E-state index is 0.0408. The zero-order valence-electron chi connectivity index (χ0n) is 14.6. The molecule has 0 bridgehead atoms. The largest absolute Gasteiger partial charge is 0.360 e. The molecule has 0 radical (unpaired) electrons. The summed E-state index contributed by atoms with van der Waals surface area (Å²) in [5.41, 5.74) is 1.67. The van der Waals surface area contributed by atoms with Gasteiger partial charge >= 0.3 is 0 Å². The summed E-state index contributed by atoms with van der Waals surface area (Å²) in [6.45, 7) is 2.90. The molecule has 1 spiro atoms. The molecule has 2 unspecified atom stereocenters. The summed E-state index contributed by atoms with van der Waals surface area (Å²) >= 11 is 0. The van der Waals surface area contributed by atoms with Crippen molar-refractivity contribution in [3.63, 3.8) is 0 Å². The van der Waals surface area contributed by atoms with E-state index in [1.54, 1.807) is 25.1 Å². The van der Waals surface area contributed by atoms with E-state index in [1.807, 2.05) is 11.0 Å². The van der Waals surface area contributed by atoms with Crippen LogP contribution in [0.15, 0.2) is 59.5 Å². The van der Waals surface area contributed by atoms with Crippen LogP contribution in [0.25, 0.3) is 0 Å². The Kier molecular flexibility index (Phi) is 3.07. The second-order valence-corrected chi connectivity index (χ2v) is 7.89. The minimum Gasteiger partial charge on any atom is -0.360 e. The number of hydrogen-bond donors (Lipinski definition) is 1. The zero-order valence-corrected chi connectivity index (χ0v) is 14.6. The molecule has 1 amide bonds. The van der Waals surface area contributed by atoms with Gasteiger partial charge in [-0.25, -0.2) is 8.78 Å². The van der Waals surface area contributed by atoms with Crippen LogP contribution in [0, 0.1) is 17.2 Å². The summed E-state index contributed by atoms with van der Waals surface area (Å²) in [7, 11) is 0. The first-order chi connectivity index (χ1) is 12.4. The van der Waals surface area contributed by atoms with Crippen LogP contribution in [-0.4, -0.2) is 23.9 Å².